The van der Waals surface area contributed by atoms with Gasteiger partial charge in [0, 0.05) is 12.8 Å². The number of hydrogen-bond donors (Lipinski definition) is 2. The number of nitrogens with one attached hydrogen (secondary N) is 2. The normalized spacial score (nSPS) is 11.1. The van der Waals surface area contributed by atoms with Gasteiger partial charge in [0.05, 0.1) is 29.4 Å². The summed E-state index contributed by atoms with van der Waals surface area (Å²) in [6.07, 6.45) is 5.53. The van der Waals surface area contributed by atoms with Crippen LogP contribution in [0, 0.1) is 0 Å². The fraction of sp³-hybridized carbons (Fsp3) is 0.320. The molecule has 8 nitrogen and oxygen atoms in total. The Kier molecular flexibility index (Phi) is 8.88. The lowest BCUT2D eigenvalue weighted by molar-refractivity contribution is -0.121. The van der Waals surface area contributed by atoms with Gasteiger partial charge in [-0.05, 0) is 30.7 Å². The molecule has 0 saturated heterocycles. The van der Waals surface area contributed by atoms with Crippen molar-refractivity contribution in [2.24, 2.45) is 5.10 Å². The first-order valence-electron chi connectivity index (χ1n) is 11.1. The first-order chi connectivity index (χ1) is 16.1. The lowest BCUT2D eigenvalue weighted by Crippen LogP contribution is -2.22. The standard InChI is InChI=1S/C25H28N4O4/c1-2-3-4-9-16-33-23-13-8-5-10-18(23)22(30)17-26-29-24(31)15-14-21-25(32)28-20-12-7-6-11-19(20)27-21/h5-8,10-13,17H,2-4,9,14-16H2,1H3,(H,28,32)(H,29,31)/b26-17-. The largest absolute Gasteiger partial charge is 0.493 e. The van der Waals surface area contributed by atoms with Gasteiger partial charge < -0.3 is 9.72 Å². The highest BCUT2D eigenvalue weighted by Gasteiger charge is 2.11. The van der Waals surface area contributed by atoms with Gasteiger partial charge in [-0.2, -0.15) is 5.10 Å². The van der Waals surface area contributed by atoms with E-state index in [4.69, 9.17) is 4.74 Å². The van der Waals surface area contributed by atoms with Crippen LogP contribution in [0.5, 0.6) is 5.75 Å². The van der Waals surface area contributed by atoms with E-state index in [1.54, 1.807) is 36.4 Å². The highest BCUT2D eigenvalue weighted by molar-refractivity contribution is 6.36. The number of carbonyl (C=O) groups excluding carboxylic acids is 2. The molecule has 0 aliphatic heterocycles. The van der Waals surface area contributed by atoms with Crippen LogP contribution in [0.3, 0.4) is 0 Å². The molecule has 8 heteroatoms. The number of aryl methyl sites for hydroxylation is 1. The summed E-state index contributed by atoms with van der Waals surface area (Å²) in [5.74, 6) is -0.292. The molecule has 1 aromatic heterocycles. The number of unbranched alkanes of at least 4 members (excludes halogenated alkanes) is 3. The molecule has 0 atom stereocenters. The van der Waals surface area contributed by atoms with Crippen LogP contribution in [-0.4, -0.2) is 34.5 Å². The Morgan fingerprint density at radius 1 is 1.09 bits per heavy atom. The third kappa shape index (κ3) is 7.10. The molecule has 0 unspecified atom stereocenters. The Labute approximate surface area is 192 Å². The highest BCUT2D eigenvalue weighted by atomic mass is 16.5. The number of aromatic nitrogens is 2. The number of hydrazone groups is 1. The lowest BCUT2D eigenvalue weighted by Gasteiger charge is -2.09. The maximum atomic E-state index is 12.5. The molecule has 1 amide bonds. The van der Waals surface area contributed by atoms with E-state index in [1.807, 2.05) is 12.1 Å². The van der Waals surface area contributed by atoms with E-state index in [2.05, 4.69) is 27.4 Å². The summed E-state index contributed by atoms with van der Waals surface area (Å²) >= 11 is 0. The van der Waals surface area contributed by atoms with Gasteiger partial charge in [-0.1, -0.05) is 50.5 Å². The summed E-state index contributed by atoms with van der Waals surface area (Å²) in [5, 5.41) is 3.76. The Bertz CT molecular complexity index is 1190. The molecule has 0 aliphatic rings. The molecule has 0 bridgehead atoms. The number of hydrogen-bond acceptors (Lipinski definition) is 6. The Hall–Kier alpha value is -3.81. The van der Waals surface area contributed by atoms with E-state index in [1.165, 1.54) is 0 Å². The van der Waals surface area contributed by atoms with Crippen molar-refractivity contribution in [1.29, 1.82) is 0 Å². The number of H-pyrrole nitrogens is 1. The molecule has 1 heterocycles. The minimum Gasteiger partial charge on any atom is -0.493 e. The maximum absolute atomic E-state index is 12.5. The van der Waals surface area contributed by atoms with Crippen LogP contribution in [0.4, 0.5) is 0 Å². The summed E-state index contributed by atoms with van der Waals surface area (Å²) < 4.78 is 5.75. The number of nitrogens with zero attached hydrogens (tertiary/aromatic N) is 2. The highest BCUT2D eigenvalue weighted by Crippen LogP contribution is 2.18. The van der Waals surface area contributed by atoms with Crippen LogP contribution >= 0.6 is 0 Å². The molecular formula is C25H28N4O4. The predicted molar refractivity (Wildman–Crippen MR) is 128 cm³/mol. The van der Waals surface area contributed by atoms with Gasteiger partial charge in [-0.3, -0.25) is 14.4 Å². The van der Waals surface area contributed by atoms with Crippen molar-refractivity contribution >= 4 is 28.9 Å². The number of benzene rings is 2. The zero-order valence-corrected chi connectivity index (χ0v) is 18.7. The molecule has 3 aromatic rings. The van der Waals surface area contributed by atoms with E-state index in [0.29, 0.717) is 29.0 Å². The molecule has 3 rings (SSSR count). The first kappa shape index (κ1) is 23.8. The Balaban J connectivity index is 1.51. The smallest absolute Gasteiger partial charge is 0.270 e. The van der Waals surface area contributed by atoms with E-state index in [9.17, 15) is 14.4 Å². The number of fused-ring (bicyclic) bond motifs is 1. The predicted octanol–water partition coefficient (Wildman–Crippen LogP) is 3.80. The van der Waals surface area contributed by atoms with Crippen molar-refractivity contribution in [2.45, 2.75) is 45.4 Å². The van der Waals surface area contributed by atoms with Gasteiger partial charge in [-0.25, -0.2) is 10.4 Å². The quantitative estimate of drug-likeness (QED) is 0.189. The molecule has 33 heavy (non-hydrogen) atoms. The van der Waals surface area contributed by atoms with Gasteiger partial charge in [-0.15, -0.1) is 0 Å². The van der Waals surface area contributed by atoms with Crippen molar-refractivity contribution in [3.8, 4) is 5.75 Å². The average Bonchev–Trinajstić information content (AvgIpc) is 2.82. The van der Waals surface area contributed by atoms with Crippen LogP contribution < -0.4 is 15.7 Å². The number of ether oxygens (including phenoxy) is 1. The van der Waals surface area contributed by atoms with Gasteiger partial charge in [0.1, 0.15) is 11.4 Å². The van der Waals surface area contributed by atoms with E-state index < -0.39 is 5.91 Å². The van der Waals surface area contributed by atoms with Crippen LogP contribution in [-0.2, 0) is 11.2 Å². The van der Waals surface area contributed by atoms with Gasteiger partial charge in [0.2, 0.25) is 11.7 Å². The second-order valence-corrected chi connectivity index (χ2v) is 7.59. The van der Waals surface area contributed by atoms with Crippen molar-refractivity contribution in [3.63, 3.8) is 0 Å². The first-order valence-corrected chi connectivity index (χ1v) is 11.1. The zero-order valence-electron chi connectivity index (χ0n) is 18.7. The van der Waals surface area contributed by atoms with Gasteiger partial charge in [0.15, 0.2) is 0 Å². The molecule has 0 radical (unpaired) electrons. The lowest BCUT2D eigenvalue weighted by atomic mass is 10.1. The Morgan fingerprint density at radius 3 is 2.73 bits per heavy atom. The van der Waals surface area contributed by atoms with Crippen LogP contribution in [0.2, 0.25) is 0 Å². The number of Topliss-reactive ketones (excluding diaryl/α,β-unsaturated/α-hetero) is 1. The number of rotatable bonds is 12. The number of para-hydroxylation sites is 3. The number of aromatic amines is 1. The molecular weight excluding hydrogens is 420 g/mol. The molecule has 2 aromatic carbocycles. The second kappa shape index (κ2) is 12.3. The average molecular weight is 449 g/mol. The van der Waals surface area contributed by atoms with Crippen molar-refractivity contribution in [2.75, 3.05) is 6.61 Å². The summed E-state index contributed by atoms with van der Waals surface area (Å²) in [6, 6.07) is 14.1. The number of amides is 1. The SMILES string of the molecule is CCCCCCOc1ccccc1C(=O)/C=N\NC(=O)CCc1nc2ccccc2[nH]c1=O. The van der Waals surface area contributed by atoms with Gasteiger partial charge >= 0.3 is 0 Å². The maximum Gasteiger partial charge on any atom is 0.270 e. The third-order valence-corrected chi connectivity index (χ3v) is 5.04. The molecule has 172 valence electrons. The van der Waals surface area contributed by atoms with E-state index in [-0.39, 0.29) is 29.9 Å². The molecule has 0 spiro atoms. The van der Waals surface area contributed by atoms with Crippen LogP contribution in [0.25, 0.3) is 11.0 Å². The molecule has 2 N–H and O–H groups in total. The van der Waals surface area contributed by atoms with Crippen LogP contribution in [0.1, 0.15) is 55.1 Å². The summed E-state index contributed by atoms with van der Waals surface area (Å²) in [5.41, 5.74) is 3.95. The van der Waals surface area contributed by atoms with Gasteiger partial charge in [0.25, 0.3) is 5.56 Å². The monoisotopic (exact) mass is 448 g/mol. The molecule has 0 saturated carbocycles. The molecule has 0 fully saturated rings. The van der Waals surface area contributed by atoms with Crippen molar-refractivity contribution in [3.05, 3.63) is 70.1 Å². The van der Waals surface area contributed by atoms with E-state index >= 15 is 0 Å². The van der Waals surface area contributed by atoms with Crippen molar-refractivity contribution < 1.29 is 14.3 Å². The third-order valence-electron chi connectivity index (χ3n) is 5.04. The summed E-state index contributed by atoms with van der Waals surface area (Å²) in [7, 11) is 0. The zero-order chi connectivity index (χ0) is 23.5. The van der Waals surface area contributed by atoms with Crippen molar-refractivity contribution in [1.82, 2.24) is 15.4 Å². The Morgan fingerprint density at radius 2 is 1.88 bits per heavy atom. The fourth-order valence-electron chi connectivity index (χ4n) is 3.26. The van der Waals surface area contributed by atoms with E-state index in [0.717, 1.165) is 31.9 Å². The minimum atomic E-state index is -0.422. The summed E-state index contributed by atoms with van der Waals surface area (Å²) in [6.45, 7) is 2.69. The topological polar surface area (TPSA) is 114 Å². The fourth-order valence-corrected chi connectivity index (χ4v) is 3.26. The second-order valence-electron chi connectivity index (χ2n) is 7.59. The number of carbonyl (C=O) groups is 2. The van der Waals surface area contributed by atoms with Crippen LogP contribution in [0.15, 0.2) is 58.4 Å². The minimum absolute atomic E-state index is 0.0113. The molecule has 0 aliphatic carbocycles. The summed E-state index contributed by atoms with van der Waals surface area (Å²) in [4.78, 5) is 43.8. The number of ketones is 1.